The largest absolute Gasteiger partial charge is 0.485 e. The normalized spacial score (nSPS) is 11.4. The van der Waals surface area contributed by atoms with Gasteiger partial charge >= 0.3 is 0 Å². The highest BCUT2D eigenvalue weighted by Gasteiger charge is 2.13. The van der Waals surface area contributed by atoms with E-state index in [1.165, 1.54) is 0 Å². The number of hydrogen-bond acceptors (Lipinski definition) is 4. The number of benzene rings is 3. The van der Waals surface area contributed by atoms with Gasteiger partial charge in [-0.25, -0.2) is 0 Å². The van der Waals surface area contributed by atoms with Gasteiger partial charge in [0.25, 0.3) is 0 Å². The summed E-state index contributed by atoms with van der Waals surface area (Å²) < 4.78 is 12.0. The second-order valence-corrected chi connectivity index (χ2v) is 6.33. The quantitative estimate of drug-likeness (QED) is 0.555. The van der Waals surface area contributed by atoms with Crippen LogP contribution in [0.4, 0.5) is 0 Å². The molecule has 0 spiro atoms. The SMILES string of the molecule is CNCC(O)c1ccc(OCc2ccccc2)c(OCc2ccccc2)c1.Cl. The van der Waals surface area contributed by atoms with E-state index in [1.807, 2.05) is 85.9 Å². The molecular weight excluding hydrogens is 374 g/mol. The molecule has 0 aliphatic heterocycles. The molecule has 0 saturated heterocycles. The molecule has 0 aliphatic carbocycles. The monoisotopic (exact) mass is 399 g/mol. The van der Waals surface area contributed by atoms with Gasteiger partial charge in [-0.2, -0.15) is 0 Å². The van der Waals surface area contributed by atoms with Crippen molar-refractivity contribution < 1.29 is 14.6 Å². The second kappa shape index (κ2) is 11.3. The van der Waals surface area contributed by atoms with Crippen molar-refractivity contribution in [1.82, 2.24) is 5.32 Å². The van der Waals surface area contributed by atoms with Crippen molar-refractivity contribution in [3.8, 4) is 11.5 Å². The molecule has 0 aromatic heterocycles. The summed E-state index contributed by atoms with van der Waals surface area (Å²) in [6.45, 7) is 1.37. The fraction of sp³-hybridized carbons (Fsp3) is 0.217. The Hall–Kier alpha value is -2.53. The number of halogens is 1. The number of hydrogen-bond donors (Lipinski definition) is 2. The molecule has 4 nitrogen and oxygen atoms in total. The van der Waals surface area contributed by atoms with E-state index in [0.717, 1.165) is 16.7 Å². The average molecular weight is 400 g/mol. The number of rotatable bonds is 9. The molecule has 148 valence electrons. The summed E-state index contributed by atoms with van der Waals surface area (Å²) in [5.74, 6) is 1.29. The van der Waals surface area contributed by atoms with Crippen LogP contribution in [0.3, 0.4) is 0 Å². The fourth-order valence-corrected chi connectivity index (χ4v) is 2.75. The molecule has 0 aliphatic rings. The van der Waals surface area contributed by atoms with Gasteiger partial charge in [0.15, 0.2) is 11.5 Å². The van der Waals surface area contributed by atoms with E-state index in [9.17, 15) is 5.11 Å². The number of nitrogens with one attached hydrogen (secondary N) is 1. The van der Waals surface area contributed by atoms with Gasteiger partial charge in [0.2, 0.25) is 0 Å². The Morgan fingerprint density at radius 2 is 1.32 bits per heavy atom. The molecule has 0 radical (unpaired) electrons. The third kappa shape index (κ3) is 6.27. The van der Waals surface area contributed by atoms with Crippen LogP contribution in [0.5, 0.6) is 11.5 Å². The minimum Gasteiger partial charge on any atom is -0.485 e. The van der Waals surface area contributed by atoms with E-state index in [0.29, 0.717) is 31.3 Å². The molecule has 0 heterocycles. The molecule has 0 bridgehead atoms. The predicted octanol–water partition coefficient (Wildman–Crippen LogP) is 4.52. The van der Waals surface area contributed by atoms with E-state index in [4.69, 9.17) is 9.47 Å². The first-order valence-electron chi connectivity index (χ1n) is 9.06. The maximum absolute atomic E-state index is 10.3. The van der Waals surface area contributed by atoms with Crippen molar-refractivity contribution in [1.29, 1.82) is 0 Å². The summed E-state index contributed by atoms with van der Waals surface area (Å²) in [5.41, 5.74) is 2.96. The van der Waals surface area contributed by atoms with Gasteiger partial charge in [-0.15, -0.1) is 12.4 Å². The lowest BCUT2D eigenvalue weighted by molar-refractivity contribution is 0.176. The molecule has 3 rings (SSSR count). The topological polar surface area (TPSA) is 50.7 Å². The van der Waals surface area contributed by atoms with E-state index < -0.39 is 6.10 Å². The van der Waals surface area contributed by atoms with Gasteiger partial charge in [-0.3, -0.25) is 0 Å². The number of aliphatic hydroxyl groups is 1. The number of aliphatic hydroxyl groups excluding tert-OH is 1. The third-order valence-corrected chi connectivity index (χ3v) is 4.22. The predicted molar refractivity (Wildman–Crippen MR) is 114 cm³/mol. The zero-order chi connectivity index (χ0) is 18.9. The Morgan fingerprint density at radius 1 is 0.786 bits per heavy atom. The Kier molecular flexibility index (Phi) is 8.82. The van der Waals surface area contributed by atoms with Crippen molar-refractivity contribution in [2.45, 2.75) is 19.3 Å². The first kappa shape index (κ1) is 21.8. The third-order valence-electron chi connectivity index (χ3n) is 4.22. The van der Waals surface area contributed by atoms with Crippen LogP contribution in [0, 0.1) is 0 Å². The lowest BCUT2D eigenvalue weighted by atomic mass is 10.1. The first-order valence-corrected chi connectivity index (χ1v) is 9.06. The minimum absolute atomic E-state index is 0. The average Bonchev–Trinajstić information content (AvgIpc) is 2.72. The smallest absolute Gasteiger partial charge is 0.162 e. The highest BCUT2D eigenvalue weighted by Crippen LogP contribution is 2.32. The summed E-state index contributed by atoms with van der Waals surface area (Å²) in [4.78, 5) is 0. The summed E-state index contributed by atoms with van der Waals surface area (Å²) in [6, 6.07) is 25.6. The lowest BCUT2D eigenvalue weighted by Gasteiger charge is -2.17. The molecule has 1 unspecified atom stereocenters. The first-order chi connectivity index (χ1) is 13.3. The molecular formula is C23H26ClNO3. The molecule has 28 heavy (non-hydrogen) atoms. The molecule has 3 aromatic rings. The van der Waals surface area contributed by atoms with Gasteiger partial charge in [-0.1, -0.05) is 66.7 Å². The highest BCUT2D eigenvalue weighted by atomic mass is 35.5. The maximum Gasteiger partial charge on any atom is 0.162 e. The number of ether oxygens (including phenoxy) is 2. The summed E-state index contributed by atoms with van der Waals surface area (Å²) in [5, 5.41) is 13.3. The van der Waals surface area contributed by atoms with Gasteiger partial charge in [0.1, 0.15) is 13.2 Å². The van der Waals surface area contributed by atoms with Crippen LogP contribution in [0.2, 0.25) is 0 Å². The Labute approximate surface area is 172 Å². The van der Waals surface area contributed by atoms with E-state index in [-0.39, 0.29) is 12.4 Å². The fourth-order valence-electron chi connectivity index (χ4n) is 2.75. The van der Waals surface area contributed by atoms with Crippen LogP contribution < -0.4 is 14.8 Å². The van der Waals surface area contributed by atoms with Gasteiger partial charge < -0.3 is 19.9 Å². The lowest BCUT2D eigenvalue weighted by Crippen LogP contribution is -2.16. The summed E-state index contributed by atoms with van der Waals surface area (Å²) in [6.07, 6.45) is -0.600. The zero-order valence-electron chi connectivity index (χ0n) is 15.9. The van der Waals surface area contributed by atoms with E-state index >= 15 is 0 Å². The van der Waals surface area contributed by atoms with Crippen LogP contribution in [0.15, 0.2) is 78.9 Å². The Morgan fingerprint density at radius 3 is 1.86 bits per heavy atom. The van der Waals surface area contributed by atoms with Crippen molar-refractivity contribution in [3.05, 3.63) is 95.6 Å². The van der Waals surface area contributed by atoms with Crippen LogP contribution >= 0.6 is 12.4 Å². The van der Waals surface area contributed by atoms with Crippen LogP contribution in [0.1, 0.15) is 22.8 Å². The van der Waals surface area contributed by atoms with Crippen molar-refractivity contribution in [3.63, 3.8) is 0 Å². The van der Waals surface area contributed by atoms with Gasteiger partial charge in [0, 0.05) is 6.54 Å². The van der Waals surface area contributed by atoms with Crippen LogP contribution in [-0.4, -0.2) is 18.7 Å². The highest BCUT2D eigenvalue weighted by molar-refractivity contribution is 5.85. The molecule has 0 saturated carbocycles. The molecule has 5 heteroatoms. The minimum atomic E-state index is -0.600. The van der Waals surface area contributed by atoms with Crippen LogP contribution in [-0.2, 0) is 13.2 Å². The van der Waals surface area contributed by atoms with Crippen molar-refractivity contribution >= 4 is 12.4 Å². The summed E-state index contributed by atoms with van der Waals surface area (Å²) >= 11 is 0. The van der Waals surface area contributed by atoms with Crippen molar-refractivity contribution in [2.24, 2.45) is 0 Å². The van der Waals surface area contributed by atoms with Gasteiger partial charge in [0.05, 0.1) is 6.10 Å². The standard InChI is InChI=1S/C23H25NO3.ClH/c1-24-15-21(25)20-12-13-22(26-16-18-8-4-2-5-9-18)23(14-20)27-17-19-10-6-3-7-11-19;/h2-14,21,24-25H,15-17H2,1H3;1H. The molecule has 1 atom stereocenters. The maximum atomic E-state index is 10.3. The second-order valence-electron chi connectivity index (χ2n) is 6.33. The number of likely N-dealkylation sites (N-methyl/N-ethyl adjacent to an activating group) is 1. The Balaban J connectivity index is 0.00000280. The molecule has 2 N–H and O–H groups in total. The summed E-state index contributed by atoms with van der Waals surface area (Å²) in [7, 11) is 1.81. The van der Waals surface area contributed by atoms with E-state index in [1.54, 1.807) is 0 Å². The van der Waals surface area contributed by atoms with Crippen molar-refractivity contribution in [2.75, 3.05) is 13.6 Å². The van der Waals surface area contributed by atoms with E-state index in [2.05, 4.69) is 5.32 Å². The zero-order valence-corrected chi connectivity index (χ0v) is 16.7. The molecule has 3 aromatic carbocycles. The molecule has 0 fully saturated rings. The molecule has 0 amide bonds. The van der Waals surface area contributed by atoms with Gasteiger partial charge in [-0.05, 0) is 35.9 Å². The van der Waals surface area contributed by atoms with Crippen LogP contribution in [0.25, 0.3) is 0 Å². The Bertz CT molecular complexity index is 828.